The number of carbonyl (C=O) groups excluding carboxylic acids is 1. The molecule has 6 aromatic rings. The van der Waals surface area contributed by atoms with Crippen molar-refractivity contribution in [3.05, 3.63) is 72.7 Å². The molecule has 0 saturated heterocycles. The number of nitrogens with one attached hydrogen (secondary N) is 3. The molecule has 3 N–H and O–H groups in total. The summed E-state index contributed by atoms with van der Waals surface area (Å²) < 4.78 is 14.1. The summed E-state index contributed by atoms with van der Waals surface area (Å²) in [6.45, 7) is 3.64. The second-order valence-corrected chi connectivity index (χ2v) is 8.74. The van der Waals surface area contributed by atoms with Crippen LogP contribution in [0.4, 0.5) is 10.1 Å². The van der Waals surface area contributed by atoms with Crippen LogP contribution in [0.15, 0.2) is 61.3 Å². The second-order valence-electron chi connectivity index (χ2n) is 8.74. The third-order valence-corrected chi connectivity index (χ3v) is 6.06. The number of carbonyl (C=O) groups is 1. The van der Waals surface area contributed by atoms with Crippen LogP contribution in [0, 0.1) is 12.7 Å². The Balaban J connectivity index is 1.43. The normalized spacial score (nSPS) is 11.3. The quantitative estimate of drug-likeness (QED) is 0.295. The van der Waals surface area contributed by atoms with Gasteiger partial charge in [-0.05, 0) is 42.3 Å². The number of fused-ring (bicyclic) bond motifs is 2. The fraction of sp³-hybridized carbons (Fsp3) is 0.111. The lowest BCUT2D eigenvalue weighted by Crippen LogP contribution is -2.09. The molecule has 0 aliphatic carbocycles. The van der Waals surface area contributed by atoms with Crippen LogP contribution < -0.4 is 5.32 Å². The molecular weight excluding hydrogens is 471 g/mol. The van der Waals surface area contributed by atoms with Crippen LogP contribution in [-0.4, -0.2) is 41.0 Å². The minimum Gasteiger partial charge on any atom is -0.335 e. The van der Waals surface area contributed by atoms with E-state index in [1.54, 1.807) is 37.9 Å². The van der Waals surface area contributed by atoms with E-state index in [0.29, 0.717) is 45.9 Å². The number of hydrogen-bond acceptors (Lipinski definition) is 6. The molecule has 0 fully saturated rings. The van der Waals surface area contributed by atoms with Crippen molar-refractivity contribution >= 4 is 33.5 Å². The fourth-order valence-corrected chi connectivity index (χ4v) is 4.30. The highest BCUT2D eigenvalue weighted by atomic mass is 19.1. The minimum absolute atomic E-state index is 0.0911. The number of aromatic amines is 2. The van der Waals surface area contributed by atoms with Crippen molar-refractivity contribution in [2.24, 2.45) is 0 Å². The Morgan fingerprint density at radius 1 is 0.973 bits per heavy atom. The number of amides is 1. The van der Waals surface area contributed by atoms with E-state index in [1.807, 2.05) is 25.1 Å². The predicted molar refractivity (Wildman–Crippen MR) is 139 cm³/mol. The molecule has 37 heavy (non-hydrogen) atoms. The Bertz CT molecular complexity index is 1790. The van der Waals surface area contributed by atoms with Crippen LogP contribution >= 0.6 is 0 Å². The summed E-state index contributed by atoms with van der Waals surface area (Å²) in [5.74, 6) is 0.142. The lowest BCUT2D eigenvalue weighted by Gasteiger charge is -2.06. The molecule has 1 aromatic carbocycles. The van der Waals surface area contributed by atoms with Crippen molar-refractivity contribution in [2.75, 3.05) is 5.32 Å². The van der Waals surface area contributed by atoms with Gasteiger partial charge in [-0.15, -0.1) is 0 Å². The number of hydrogen-bond donors (Lipinski definition) is 3. The Morgan fingerprint density at radius 2 is 1.84 bits per heavy atom. The Hall–Kier alpha value is -4.99. The highest BCUT2D eigenvalue weighted by Gasteiger charge is 2.17. The van der Waals surface area contributed by atoms with E-state index < -0.39 is 0 Å². The van der Waals surface area contributed by atoms with Gasteiger partial charge in [0.2, 0.25) is 5.91 Å². The van der Waals surface area contributed by atoms with E-state index in [9.17, 15) is 9.18 Å². The third-order valence-electron chi connectivity index (χ3n) is 6.06. The van der Waals surface area contributed by atoms with Crippen molar-refractivity contribution in [2.45, 2.75) is 20.3 Å². The van der Waals surface area contributed by atoms with E-state index >= 15 is 0 Å². The van der Waals surface area contributed by atoms with E-state index in [4.69, 9.17) is 4.98 Å². The SMILES string of the molecule is CCC(=O)Nc1cncc(-c2cc3c(-c4nc5c(-c6cc(C)cc(F)c6)cncc5[nH]4)n[nH]c3cn2)c1. The minimum atomic E-state index is -0.311. The van der Waals surface area contributed by atoms with E-state index in [2.05, 4.69) is 35.5 Å². The number of anilines is 1. The number of aromatic nitrogens is 7. The lowest BCUT2D eigenvalue weighted by molar-refractivity contribution is -0.115. The molecule has 0 bridgehead atoms. The number of pyridine rings is 3. The summed E-state index contributed by atoms with van der Waals surface area (Å²) in [6, 6.07) is 8.59. The highest BCUT2D eigenvalue weighted by Crippen LogP contribution is 2.32. The number of nitrogens with zero attached hydrogens (tertiary/aromatic N) is 5. The van der Waals surface area contributed by atoms with Crippen molar-refractivity contribution in [1.29, 1.82) is 0 Å². The van der Waals surface area contributed by atoms with Gasteiger partial charge >= 0.3 is 0 Å². The molecule has 5 aromatic heterocycles. The average molecular weight is 493 g/mol. The van der Waals surface area contributed by atoms with Crippen LogP contribution in [0.3, 0.4) is 0 Å². The zero-order valence-corrected chi connectivity index (χ0v) is 20.0. The largest absolute Gasteiger partial charge is 0.335 e. The Kier molecular flexibility index (Phi) is 5.41. The van der Waals surface area contributed by atoms with Gasteiger partial charge in [0.1, 0.15) is 11.5 Å². The molecule has 0 atom stereocenters. The first kappa shape index (κ1) is 22.5. The fourth-order valence-electron chi connectivity index (χ4n) is 4.30. The zero-order valence-electron chi connectivity index (χ0n) is 20.0. The van der Waals surface area contributed by atoms with Gasteiger partial charge in [0, 0.05) is 35.3 Å². The molecule has 10 heteroatoms. The maximum atomic E-state index is 14.1. The van der Waals surface area contributed by atoms with Crippen molar-refractivity contribution in [1.82, 2.24) is 35.1 Å². The highest BCUT2D eigenvalue weighted by molar-refractivity contribution is 5.97. The maximum Gasteiger partial charge on any atom is 0.224 e. The van der Waals surface area contributed by atoms with Gasteiger partial charge in [-0.3, -0.25) is 24.8 Å². The number of imidazole rings is 1. The zero-order chi connectivity index (χ0) is 25.5. The summed E-state index contributed by atoms with van der Waals surface area (Å²) in [4.78, 5) is 33.0. The van der Waals surface area contributed by atoms with Gasteiger partial charge < -0.3 is 10.3 Å². The van der Waals surface area contributed by atoms with Gasteiger partial charge in [-0.2, -0.15) is 5.10 Å². The monoisotopic (exact) mass is 492 g/mol. The molecule has 1 amide bonds. The topological polar surface area (TPSA) is 125 Å². The van der Waals surface area contributed by atoms with Crippen LogP contribution in [-0.2, 0) is 4.79 Å². The molecule has 0 radical (unpaired) electrons. The second kappa shape index (κ2) is 8.90. The van der Waals surface area contributed by atoms with Crippen LogP contribution in [0.2, 0.25) is 0 Å². The summed E-state index contributed by atoms with van der Waals surface area (Å²) in [5, 5.41) is 11.1. The Labute approximate surface area is 210 Å². The molecule has 0 aliphatic rings. The number of rotatable bonds is 5. The summed E-state index contributed by atoms with van der Waals surface area (Å²) in [5.41, 5.74) is 6.99. The summed E-state index contributed by atoms with van der Waals surface area (Å²) in [7, 11) is 0. The summed E-state index contributed by atoms with van der Waals surface area (Å²) >= 11 is 0. The first-order valence-electron chi connectivity index (χ1n) is 11.7. The Morgan fingerprint density at radius 3 is 2.68 bits per heavy atom. The molecule has 182 valence electrons. The van der Waals surface area contributed by atoms with Gasteiger partial charge in [-0.1, -0.05) is 13.0 Å². The first-order valence-corrected chi connectivity index (χ1v) is 11.7. The van der Waals surface area contributed by atoms with Crippen molar-refractivity contribution in [3.8, 4) is 33.9 Å². The van der Waals surface area contributed by atoms with Gasteiger partial charge in [0.25, 0.3) is 0 Å². The van der Waals surface area contributed by atoms with E-state index in [-0.39, 0.29) is 11.7 Å². The van der Waals surface area contributed by atoms with Crippen molar-refractivity contribution in [3.63, 3.8) is 0 Å². The number of H-pyrrole nitrogens is 2. The van der Waals surface area contributed by atoms with E-state index in [1.165, 1.54) is 12.1 Å². The van der Waals surface area contributed by atoms with Gasteiger partial charge in [0.15, 0.2) is 5.82 Å². The standard InChI is InChI=1S/C27H21FN8O/c1-3-24(37)32-18-7-16(9-29-10-18)21-8-19-22(13-31-21)35-36-26(19)27-33-23-12-30-11-20(25(23)34-27)15-4-14(2)5-17(28)6-15/h4-13H,3H2,1-2H3,(H,32,37)(H,33,34)(H,35,36). The molecule has 5 heterocycles. The molecule has 0 aliphatic heterocycles. The molecule has 0 saturated carbocycles. The predicted octanol–water partition coefficient (Wildman–Crippen LogP) is 5.42. The molecule has 6 rings (SSSR count). The van der Waals surface area contributed by atoms with Crippen LogP contribution in [0.5, 0.6) is 0 Å². The third kappa shape index (κ3) is 4.18. The van der Waals surface area contributed by atoms with Crippen LogP contribution in [0.1, 0.15) is 18.9 Å². The van der Waals surface area contributed by atoms with E-state index in [0.717, 1.165) is 27.6 Å². The number of halogens is 1. The molecular formula is C27H21FN8O. The molecule has 0 spiro atoms. The van der Waals surface area contributed by atoms with Crippen molar-refractivity contribution < 1.29 is 9.18 Å². The molecule has 9 nitrogen and oxygen atoms in total. The number of benzene rings is 1. The van der Waals surface area contributed by atoms with Gasteiger partial charge in [0.05, 0.1) is 46.5 Å². The first-order chi connectivity index (χ1) is 18.0. The summed E-state index contributed by atoms with van der Waals surface area (Å²) in [6.07, 6.45) is 8.73. The number of aryl methyl sites for hydroxylation is 1. The smallest absolute Gasteiger partial charge is 0.224 e. The maximum absolute atomic E-state index is 14.1. The van der Waals surface area contributed by atoms with Crippen LogP contribution in [0.25, 0.3) is 55.8 Å². The average Bonchev–Trinajstić information content (AvgIpc) is 3.51. The van der Waals surface area contributed by atoms with Gasteiger partial charge in [-0.25, -0.2) is 9.37 Å². The molecule has 0 unspecified atom stereocenters. The lowest BCUT2D eigenvalue weighted by atomic mass is 10.0.